The smallest absolute Gasteiger partial charge is 0.154 e. The third kappa shape index (κ3) is 3.36. The number of nitrogens with zero attached hydrogens (tertiary/aromatic N) is 3. The second-order valence-corrected chi connectivity index (χ2v) is 5.82. The number of aliphatic imine (C=N–C) groups is 1. The van der Waals surface area contributed by atoms with E-state index >= 15 is 0 Å². The summed E-state index contributed by atoms with van der Waals surface area (Å²) in [6.45, 7) is 4.76. The van der Waals surface area contributed by atoms with Gasteiger partial charge < -0.3 is 4.42 Å². The maximum Gasteiger partial charge on any atom is 0.154 e. The fraction of sp³-hybridized carbons (Fsp3) is 0.438. The molecule has 0 saturated carbocycles. The van der Waals surface area contributed by atoms with E-state index in [-0.39, 0.29) is 5.41 Å². The van der Waals surface area contributed by atoms with Crippen molar-refractivity contribution < 1.29 is 4.42 Å². The van der Waals surface area contributed by atoms with Crippen LogP contribution in [-0.2, 0) is 6.54 Å². The minimum Gasteiger partial charge on any atom is -0.467 e. The summed E-state index contributed by atoms with van der Waals surface area (Å²) in [5, 5.41) is 18.1. The normalized spacial score (nSPS) is 19.4. The van der Waals surface area contributed by atoms with Crippen LogP contribution in [0.2, 0.25) is 0 Å². The minimum atomic E-state index is -0.677. The van der Waals surface area contributed by atoms with E-state index in [0.717, 1.165) is 29.9 Å². The molecule has 1 aromatic heterocycles. The zero-order valence-corrected chi connectivity index (χ0v) is 11.8. The van der Waals surface area contributed by atoms with E-state index < -0.39 is 5.92 Å². The van der Waals surface area contributed by atoms with Crippen LogP contribution in [0.5, 0.6) is 0 Å². The predicted octanol–water partition coefficient (Wildman–Crippen LogP) is 3.63. The molecule has 102 valence electrons. The molecule has 1 heterocycles. The standard InChI is InChI=1S/C16H17N3O/c1-16(2)7-12(13(9-17)10-18)6-14(8-16)19-11-15-4-3-5-20-15/h3-6,13H,7-8,11H2,1-2H3. The molecular formula is C16H17N3O. The van der Waals surface area contributed by atoms with E-state index in [0.29, 0.717) is 6.54 Å². The summed E-state index contributed by atoms with van der Waals surface area (Å²) in [5.41, 5.74) is 1.82. The topological polar surface area (TPSA) is 73.1 Å². The molecule has 1 aliphatic carbocycles. The first-order valence-corrected chi connectivity index (χ1v) is 6.59. The van der Waals surface area contributed by atoms with E-state index in [2.05, 4.69) is 18.8 Å². The van der Waals surface area contributed by atoms with Crippen molar-refractivity contribution in [2.24, 2.45) is 16.3 Å². The van der Waals surface area contributed by atoms with Gasteiger partial charge in [0.15, 0.2) is 5.92 Å². The molecular weight excluding hydrogens is 250 g/mol. The molecule has 1 aliphatic rings. The largest absolute Gasteiger partial charge is 0.467 e. The van der Waals surface area contributed by atoms with Crippen LogP contribution in [0.4, 0.5) is 0 Å². The van der Waals surface area contributed by atoms with Crippen molar-refractivity contribution in [3.05, 3.63) is 35.8 Å². The minimum absolute atomic E-state index is 0.0258. The van der Waals surface area contributed by atoms with Gasteiger partial charge in [-0.25, -0.2) is 0 Å². The van der Waals surface area contributed by atoms with Crippen LogP contribution in [0.1, 0.15) is 32.4 Å². The zero-order valence-electron chi connectivity index (χ0n) is 11.8. The number of allylic oxidation sites excluding steroid dienone is 2. The van der Waals surface area contributed by atoms with E-state index in [9.17, 15) is 0 Å². The van der Waals surface area contributed by atoms with Gasteiger partial charge in [-0.3, -0.25) is 4.99 Å². The quantitative estimate of drug-likeness (QED) is 0.839. The molecule has 0 aliphatic heterocycles. The van der Waals surface area contributed by atoms with Gasteiger partial charge in [0, 0.05) is 5.71 Å². The van der Waals surface area contributed by atoms with Crippen molar-refractivity contribution >= 4 is 5.71 Å². The van der Waals surface area contributed by atoms with Crippen LogP contribution in [-0.4, -0.2) is 5.71 Å². The molecule has 0 unspecified atom stereocenters. The Morgan fingerprint density at radius 1 is 1.35 bits per heavy atom. The van der Waals surface area contributed by atoms with Crippen LogP contribution in [0.25, 0.3) is 0 Å². The molecule has 0 aromatic carbocycles. The van der Waals surface area contributed by atoms with Crippen molar-refractivity contribution in [2.75, 3.05) is 0 Å². The summed E-state index contributed by atoms with van der Waals surface area (Å²) in [6, 6.07) is 7.81. The van der Waals surface area contributed by atoms with Gasteiger partial charge in [0.1, 0.15) is 5.76 Å². The molecule has 0 amide bonds. The number of rotatable bonds is 3. The maximum absolute atomic E-state index is 9.05. The van der Waals surface area contributed by atoms with Crippen LogP contribution in [0, 0.1) is 34.0 Å². The fourth-order valence-corrected chi connectivity index (χ4v) is 2.49. The van der Waals surface area contributed by atoms with E-state index in [1.807, 2.05) is 30.3 Å². The second-order valence-electron chi connectivity index (χ2n) is 5.82. The first kappa shape index (κ1) is 14.1. The summed E-state index contributed by atoms with van der Waals surface area (Å²) in [6.07, 6.45) is 5.15. The highest BCUT2D eigenvalue weighted by Crippen LogP contribution is 2.36. The van der Waals surface area contributed by atoms with Crippen molar-refractivity contribution in [1.29, 1.82) is 10.5 Å². The molecule has 0 atom stereocenters. The number of furan rings is 1. The van der Waals surface area contributed by atoms with Crippen molar-refractivity contribution in [2.45, 2.75) is 33.2 Å². The van der Waals surface area contributed by atoms with Gasteiger partial charge in [-0.05, 0) is 42.0 Å². The molecule has 20 heavy (non-hydrogen) atoms. The fourth-order valence-electron chi connectivity index (χ4n) is 2.49. The van der Waals surface area contributed by atoms with Crippen LogP contribution < -0.4 is 0 Å². The molecule has 1 aromatic rings. The van der Waals surface area contributed by atoms with Crippen LogP contribution >= 0.6 is 0 Å². The van der Waals surface area contributed by atoms with E-state index in [4.69, 9.17) is 14.9 Å². The van der Waals surface area contributed by atoms with Crippen LogP contribution in [0.3, 0.4) is 0 Å². The van der Waals surface area contributed by atoms with E-state index in [1.54, 1.807) is 6.26 Å². The van der Waals surface area contributed by atoms with Gasteiger partial charge in [0.25, 0.3) is 0 Å². The zero-order chi connectivity index (χ0) is 14.6. The first-order valence-electron chi connectivity index (χ1n) is 6.59. The van der Waals surface area contributed by atoms with Gasteiger partial charge in [0.05, 0.1) is 24.9 Å². The first-order chi connectivity index (χ1) is 9.54. The summed E-state index contributed by atoms with van der Waals surface area (Å²) in [4.78, 5) is 4.55. The highest BCUT2D eigenvalue weighted by Gasteiger charge is 2.29. The lowest BCUT2D eigenvalue weighted by Gasteiger charge is -2.31. The third-order valence-corrected chi connectivity index (χ3v) is 3.34. The highest BCUT2D eigenvalue weighted by atomic mass is 16.3. The molecule has 0 bridgehead atoms. The highest BCUT2D eigenvalue weighted by molar-refractivity contribution is 5.97. The van der Waals surface area contributed by atoms with E-state index in [1.165, 1.54) is 0 Å². The Bertz CT molecular complexity index is 595. The summed E-state index contributed by atoms with van der Waals surface area (Å²) in [5.74, 6) is 0.135. The Balaban J connectivity index is 2.24. The van der Waals surface area contributed by atoms with Gasteiger partial charge in [-0.1, -0.05) is 13.8 Å². The molecule has 0 N–H and O–H groups in total. The Hall–Kier alpha value is -2.33. The average Bonchev–Trinajstić information content (AvgIpc) is 2.89. The van der Waals surface area contributed by atoms with Gasteiger partial charge in [-0.15, -0.1) is 0 Å². The molecule has 0 radical (unpaired) electrons. The second kappa shape index (κ2) is 5.75. The Labute approximate surface area is 119 Å². The lowest BCUT2D eigenvalue weighted by Crippen LogP contribution is -2.24. The number of hydrogen-bond donors (Lipinski definition) is 0. The van der Waals surface area contributed by atoms with Crippen LogP contribution in [0.15, 0.2) is 39.5 Å². The Morgan fingerprint density at radius 2 is 2.10 bits per heavy atom. The molecule has 4 nitrogen and oxygen atoms in total. The van der Waals surface area contributed by atoms with Crippen molar-refractivity contribution in [1.82, 2.24) is 0 Å². The summed E-state index contributed by atoms with van der Waals surface area (Å²) < 4.78 is 5.26. The van der Waals surface area contributed by atoms with Gasteiger partial charge in [0.2, 0.25) is 0 Å². The molecule has 4 heteroatoms. The van der Waals surface area contributed by atoms with Gasteiger partial charge >= 0.3 is 0 Å². The third-order valence-electron chi connectivity index (χ3n) is 3.34. The Morgan fingerprint density at radius 3 is 2.70 bits per heavy atom. The lowest BCUT2D eigenvalue weighted by atomic mass is 9.74. The summed E-state index contributed by atoms with van der Waals surface area (Å²) in [7, 11) is 0. The number of nitriles is 2. The Kier molecular flexibility index (Phi) is 4.05. The molecule has 0 fully saturated rings. The number of hydrogen-bond acceptors (Lipinski definition) is 4. The molecule has 0 saturated heterocycles. The monoisotopic (exact) mass is 267 g/mol. The summed E-state index contributed by atoms with van der Waals surface area (Å²) >= 11 is 0. The van der Waals surface area contributed by atoms with Gasteiger partial charge in [-0.2, -0.15) is 10.5 Å². The predicted molar refractivity (Wildman–Crippen MR) is 75.7 cm³/mol. The molecule has 0 spiro atoms. The molecule has 2 rings (SSSR count). The van der Waals surface area contributed by atoms with Crippen molar-refractivity contribution in [3.8, 4) is 12.1 Å². The lowest BCUT2D eigenvalue weighted by molar-refractivity contribution is 0.366. The maximum atomic E-state index is 9.05. The SMILES string of the molecule is CC1(C)CC(C(C#N)C#N)=CC(=NCc2ccco2)C1. The van der Waals surface area contributed by atoms with Crippen molar-refractivity contribution in [3.63, 3.8) is 0 Å². The average molecular weight is 267 g/mol.